The zero-order valence-electron chi connectivity index (χ0n) is 11.6. The Morgan fingerprint density at radius 1 is 1.43 bits per heavy atom. The predicted octanol–water partition coefficient (Wildman–Crippen LogP) is 2.48. The summed E-state index contributed by atoms with van der Waals surface area (Å²) in [7, 11) is -3.62. The summed E-state index contributed by atoms with van der Waals surface area (Å²) in [5.41, 5.74) is 1.66. The van der Waals surface area contributed by atoms with Crippen molar-refractivity contribution in [1.82, 2.24) is 15.0 Å². The normalized spacial score (nSPS) is 12.2. The number of aromatic nitrogens is 1. The fourth-order valence-corrected chi connectivity index (χ4v) is 4.17. The third-order valence-corrected chi connectivity index (χ3v) is 5.64. The lowest BCUT2D eigenvalue weighted by molar-refractivity contribution is 0.447. The van der Waals surface area contributed by atoms with Gasteiger partial charge in [-0.3, -0.25) is 4.98 Å². The van der Waals surface area contributed by atoms with E-state index in [9.17, 15) is 8.42 Å². The van der Waals surface area contributed by atoms with E-state index in [1.807, 2.05) is 13.8 Å². The van der Waals surface area contributed by atoms with Crippen LogP contribution in [0.3, 0.4) is 0 Å². The molecule has 2 aromatic heterocycles. The van der Waals surface area contributed by atoms with E-state index >= 15 is 0 Å². The molecule has 2 N–H and O–H groups in total. The molecule has 0 atom stereocenters. The average molecular weight is 394 g/mol. The number of halogens is 1. The molecular weight excluding hydrogens is 378 g/mol. The highest BCUT2D eigenvalue weighted by Gasteiger charge is 2.22. The molecule has 0 saturated carbocycles. The summed E-state index contributed by atoms with van der Waals surface area (Å²) in [6, 6.07) is 1.81. The Morgan fingerprint density at radius 3 is 2.81 bits per heavy atom. The number of hydrogen-bond acceptors (Lipinski definition) is 6. The number of nitrogens with one attached hydrogen (secondary N) is 2. The van der Waals surface area contributed by atoms with Crippen molar-refractivity contribution in [2.45, 2.75) is 37.9 Å². The predicted molar refractivity (Wildman–Crippen MR) is 84.5 cm³/mol. The Bertz CT molecular complexity index is 681. The van der Waals surface area contributed by atoms with Gasteiger partial charge in [-0.05, 0) is 15.9 Å². The lowest BCUT2D eigenvalue weighted by Gasteiger charge is -2.04. The van der Waals surface area contributed by atoms with Crippen LogP contribution in [0.5, 0.6) is 0 Å². The van der Waals surface area contributed by atoms with Crippen LogP contribution in [0.15, 0.2) is 31.8 Å². The largest absolute Gasteiger partial charge is 0.452 e. The molecule has 116 valence electrons. The summed E-state index contributed by atoms with van der Waals surface area (Å²) in [5, 5.41) is 3.17. The molecule has 6 nitrogen and oxygen atoms in total. The van der Waals surface area contributed by atoms with Crippen LogP contribution in [0, 0.1) is 0 Å². The van der Waals surface area contributed by atoms with Gasteiger partial charge in [-0.2, -0.15) is 0 Å². The molecular formula is C12H16BrN3O3S2. The molecule has 0 aliphatic heterocycles. The maximum atomic E-state index is 12.3. The fraction of sp³-hybridized carbons (Fsp3) is 0.417. The zero-order chi connectivity index (χ0) is 15.5. The van der Waals surface area contributed by atoms with Crippen LogP contribution in [0.25, 0.3) is 0 Å². The molecule has 0 aliphatic rings. The number of rotatable bonds is 7. The molecule has 2 heterocycles. The minimum atomic E-state index is -3.62. The van der Waals surface area contributed by atoms with Gasteiger partial charge in [-0.1, -0.05) is 13.8 Å². The third-order valence-electron chi connectivity index (χ3n) is 2.60. The molecule has 0 aromatic carbocycles. The van der Waals surface area contributed by atoms with Gasteiger partial charge in [0.1, 0.15) is 10.7 Å². The Kier molecular flexibility index (Phi) is 5.55. The first-order valence-electron chi connectivity index (χ1n) is 6.27. The highest BCUT2D eigenvalue weighted by Crippen LogP contribution is 2.26. The lowest BCUT2D eigenvalue weighted by Crippen LogP contribution is -2.23. The monoisotopic (exact) mass is 393 g/mol. The first-order chi connectivity index (χ1) is 9.88. The number of nitrogens with zero attached hydrogens (tertiary/aromatic N) is 1. The van der Waals surface area contributed by atoms with Crippen LogP contribution >= 0.6 is 27.3 Å². The Morgan fingerprint density at radius 2 is 2.19 bits per heavy atom. The third kappa shape index (κ3) is 4.62. The van der Waals surface area contributed by atoms with E-state index in [2.05, 4.69) is 31.0 Å². The summed E-state index contributed by atoms with van der Waals surface area (Å²) < 4.78 is 32.7. The highest BCUT2D eigenvalue weighted by atomic mass is 79.9. The van der Waals surface area contributed by atoms with Crippen LogP contribution < -0.4 is 10.0 Å². The van der Waals surface area contributed by atoms with Gasteiger partial charge in [-0.15, -0.1) is 11.3 Å². The van der Waals surface area contributed by atoms with Crippen molar-refractivity contribution in [2.75, 3.05) is 0 Å². The highest BCUT2D eigenvalue weighted by molar-refractivity contribution is 9.10. The van der Waals surface area contributed by atoms with E-state index in [-0.39, 0.29) is 16.1 Å². The standard InChI is InChI=1S/C12H16BrN3O3S2/c1-8(2)15-4-9-3-11(12(13)19-9)21(17,18)16-6-10-5-14-7-20-10/h3,5,7-8,15-16H,4,6H2,1-2H3. The van der Waals surface area contributed by atoms with Gasteiger partial charge in [0, 0.05) is 29.7 Å². The minimum Gasteiger partial charge on any atom is -0.452 e. The molecule has 21 heavy (non-hydrogen) atoms. The van der Waals surface area contributed by atoms with E-state index in [1.165, 1.54) is 17.4 Å². The molecule has 9 heteroatoms. The number of hydrogen-bond donors (Lipinski definition) is 2. The summed E-state index contributed by atoms with van der Waals surface area (Å²) >= 11 is 4.55. The van der Waals surface area contributed by atoms with Crippen molar-refractivity contribution in [2.24, 2.45) is 0 Å². The topological polar surface area (TPSA) is 84.2 Å². The fourth-order valence-electron chi connectivity index (χ4n) is 1.55. The average Bonchev–Trinajstić information content (AvgIpc) is 3.03. The van der Waals surface area contributed by atoms with Crippen LogP contribution in [-0.4, -0.2) is 19.4 Å². The molecule has 0 fully saturated rings. The van der Waals surface area contributed by atoms with Crippen LogP contribution in [0.1, 0.15) is 24.5 Å². The van der Waals surface area contributed by atoms with Gasteiger partial charge in [0.2, 0.25) is 10.0 Å². The number of sulfonamides is 1. The van der Waals surface area contributed by atoms with E-state index in [0.29, 0.717) is 18.3 Å². The zero-order valence-corrected chi connectivity index (χ0v) is 14.8. The summed E-state index contributed by atoms with van der Waals surface area (Å²) in [5.74, 6) is 0.564. The van der Waals surface area contributed by atoms with Crippen molar-refractivity contribution < 1.29 is 12.8 Å². The first kappa shape index (κ1) is 16.6. The minimum absolute atomic E-state index is 0.104. The van der Waals surface area contributed by atoms with Crippen molar-refractivity contribution in [1.29, 1.82) is 0 Å². The van der Waals surface area contributed by atoms with Gasteiger partial charge < -0.3 is 9.73 Å². The summed E-state index contributed by atoms with van der Waals surface area (Å²) in [6.45, 7) is 4.70. The van der Waals surface area contributed by atoms with Crippen molar-refractivity contribution in [3.63, 3.8) is 0 Å². The van der Waals surface area contributed by atoms with Crippen LogP contribution in [0.2, 0.25) is 0 Å². The SMILES string of the molecule is CC(C)NCc1cc(S(=O)(=O)NCc2cncs2)c(Br)o1. The second-order valence-electron chi connectivity index (χ2n) is 4.68. The van der Waals surface area contributed by atoms with Crippen molar-refractivity contribution in [3.05, 3.63) is 33.1 Å². The summed E-state index contributed by atoms with van der Waals surface area (Å²) in [4.78, 5) is 4.86. The number of furan rings is 1. The van der Waals surface area contributed by atoms with Gasteiger partial charge >= 0.3 is 0 Å². The van der Waals surface area contributed by atoms with Gasteiger partial charge in [0.15, 0.2) is 4.67 Å². The molecule has 0 bridgehead atoms. The molecule has 0 saturated heterocycles. The lowest BCUT2D eigenvalue weighted by atomic mass is 10.3. The Balaban J connectivity index is 2.08. The van der Waals surface area contributed by atoms with E-state index < -0.39 is 10.0 Å². The van der Waals surface area contributed by atoms with E-state index in [1.54, 1.807) is 11.7 Å². The smallest absolute Gasteiger partial charge is 0.245 e. The van der Waals surface area contributed by atoms with Crippen molar-refractivity contribution in [3.8, 4) is 0 Å². The van der Waals surface area contributed by atoms with Crippen LogP contribution in [-0.2, 0) is 23.1 Å². The Hall–Kier alpha value is -0.740. The maximum Gasteiger partial charge on any atom is 0.245 e. The Labute approximate surface area is 136 Å². The molecule has 0 unspecified atom stereocenters. The molecule has 0 aliphatic carbocycles. The van der Waals surface area contributed by atoms with Gasteiger partial charge in [-0.25, -0.2) is 13.1 Å². The molecule has 0 radical (unpaired) electrons. The second kappa shape index (κ2) is 7.01. The van der Waals surface area contributed by atoms with Gasteiger partial charge in [0.25, 0.3) is 0 Å². The molecule has 2 rings (SSSR count). The number of thiazole rings is 1. The molecule has 2 aromatic rings. The van der Waals surface area contributed by atoms with E-state index in [0.717, 1.165) is 4.88 Å². The van der Waals surface area contributed by atoms with Gasteiger partial charge in [0.05, 0.1) is 12.1 Å². The maximum absolute atomic E-state index is 12.3. The van der Waals surface area contributed by atoms with Crippen molar-refractivity contribution >= 4 is 37.3 Å². The quantitative estimate of drug-likeness (QED) is 0.754. The van der Waals surface area contributed by atoms with E-state index in [4.69, 9.17) is 4.42 Å². The summed E-state index contributed by atoms with van der Waals surface area (Å²) in [6.07, 6.45) is 1.63. The first-order valence-corrected chi connectivity index (χ1v) is 9.42. The second-order valence-corrected chi connectivity index (χ2v) is 8.11. The molecule has 0 spiro atoms. The van der Waals surface area contributed by atoms with Crippen LogP contribution in [0.4, 0.5) is 0 Å². The molecule has 0 amide bonds.